The number of rotatable bonds is 5. The second-order valence-corrected chi connectivity index (χ2v) is 7.08. The molecule has 1 rings (SSSR count). The Bertz CT molecular complexity index is 277. The maximum absolute atomic E-state index is 10.2. The van der Waals surface area contributed by atoms with Gasteiger partial charge < -0.3 is 14.0 Å². The molecular weight excluding hydrogens is 208 g/mol. The molecule has 3 nitrogen and oxygen atoms in total. The first-order valence-corrected chi connectivity index (χ1v) is 7.13. The molecule has 0 saturated heterocycles. The molecule has 1 aromatic rings. The molecule has 0 aromatic heterocycles. The SMILES string of the molecule is CC[Si](OC)(OC)C(O)c1ccccc1. The smallest absolute Gasteiger partial charge is 0.371 e. The van der Waals surface area contributed by atoms with E-state index in [0.29, 0.717) is 0 Å². The van der Waals surface area contributed by atoms with Gasteiger partial charge in [-0.25, -0.2) is 0 Å². The molecular formula is C11H18O3Si. The highest BCUT2D eigenvalue weighted by Gasteiger charge is 2.42. The van der Waals surface area contributed by atoms with Crippen molar-refractivity contribution >= 4 is 8.56 Å². The predicted molar refractivity (Wildman–Crippen MR) is 61.7 cm³/mol. The van der Waals surface area contributed by atoms with Gasteiger partial charge in [0.2, 0.25) is 0 Å². The lowest BCUT2D eigenvalue weighted by molar-refractivity contribution is 0.142. The Balaban J connectivity index is 2.95. The summed E-state index contributed by atoms with van der Waals surface area (Å²) >= 11 is 0. The van der Waals surface area contributed by atoms with Crippen LogP contribution in [-0.2, 0) is 8.85 Å². The highest BCUT2D eigenvalue weighted by molar-refractivity contribution is 6.68. The number of hydrogen-bond acceptors (Lipinski definition) is 3. The quantitative estimate of drug-likeness (QED) is 0.781. The molecule has 0 heterocycles. The molecule has 0 fully saturated rings. The normalized spacial score (nSPS) is 13.9. The minimum Gasteiger partial charge on any atom is -0.396 e. The number of hydrogen-bond donors (Lipinski definition) is 1. The van der Waals surface area contributed by atoms with Gasteiger partial charge >= 0.3 is 8.56 Å². The van der Waals surface area contributed by atoms with E-state index in [2.05, 4.69) is 0 Å². The molecule has 84 valence electrons. The third-order valence-electron chi connectivity index (χ3n) is 2.72. The van der Waals surface area contributed by atoms with Crippen LogP contribution < -0.4 is 0 Å². The Morgan fingerprint density at radius 3 is 2.13 bits per heavy atom. The van der Waals surface area contributed by atoms with Gasteiger partial charge in [0, 0.05) is 14.2 Å². The van der Waals surface area contributed by atoms with Gasteiger partial charge in [-0.2, -0.15) is 0 Å². The summed E-state index contributed by atoms with van der Waals surface area (Å²) in [5, 5.41) is 10.2. The Kier molecular flexibility index (Phi) is 4.47. The molecule has 0 aliphatic rings. The van der Waals surface area contributed by atoms with Crippen molar-refractivity contribution in [2.24, 2.45) is 0 Å². The first-order valence-electron chi connectivity index (χ1n) is 5.03. The second-order valence-electron chi connectivity index (χ2n) is 3.39. The van der Waals surface area contributed by atoms with Crippen molar-refractivity contribution in [3.8, 4) is 0 Å². The molecule has 1 aromatic carbocycles. The summed E-state index contributed by atoms with van der Waals surface area (Å²) in [6.07, 6.45) is 0. The maximum Gasteiger partial charge on any atom is 0.371 e. The summed E-state index contributed by atoms with van der Waals surface area (Å²) in [7, 11) is 0.699. The summed E-state index contributed by atoms with van der Waals surface area (Å²) in [6.45, 7) is 1.98. The van der Waals surface area contributed by atoms with E-state index >= 15 is 0 Å². The molecule has 0 bridgehead atoms. The fourth-order valence-corrected chi connectivity index (χ4v) is 3.96. The van der Waals surface area contributed by atoms with E-state index < -0.39 is 14.3 Å². The van der Waals surface area contributed by atoms with Crippen LogP contribution >= 0.6 is 0 Å². The van der Waals surface area contributed by atoms with E-state index in [1.165, 1.54) is 0 Å². The van der Waals surface area contributed by atoms with Crippen LogP contribution in [0.15, 0.2) is 30.3 Å². The Morgan fingerprint density at radius 1 is 1.20 bits per heavy atom. The van der Waals surface area contributed by atoms with Gasteiger partial charge in [0.15, 0.2) is 0 Å². The molecule has 1 atom stereocenters. The van der Waals surface area contributed by atoms with E-state index in [1.54, 1.807) is 14.2 Å². The van der Waals surface area contributed by atoms with Crippen molar-refractivity contribution in [2.45, 2.75) is 18.7 Å². The average Bonchev–Trinajstić information content (AvgIpc) is 2.33. The van der Waals surface area contributed by atoms with Crippen molar-refractivity contribution in [1.29, 1.82) is 0 Å². The molecule has 0 spiro atoms. The van der Waals surface area contributed by atoms with Crippen molar-refractivity contribution in [3.05, 3.63) is 35.9 Å². The average molecular weight is 226 g/mol. The minimum absolute atomic E-state index is 0.640. The van der Waals surface area contributed by atoms with E-state index in [1.807, 2.05) is 37.3 Å². The second kappa shape index (κ2) is 5.41. The van der Waals surface area contributed by atoms with Gasteiger partial charge in [0.05, 0.1) is 0 Å². The number of benzene rings is 1. The van der Waals surface area contributed by atoms with Crippen molar-refractivity contribution in [1.82, 2.24) is 0 Å². The van der Waals surface area contributed by atoms with Crippen molar-refractivity contribution < 1.29 is 14.0 Å². The maximum atomic E-state index is 10.2. The molecule has 0 radical (unpaired) electrons. The van der Waals surface area contributed by atoms with Crippen LogP contribution in [0.3, 0.4) is 0 Å². The van der Waals surface area contributed by atoms with Crippen molar-refractivity contribution in [2.75, 3.05) is 14.2 Å². The summed E-state index contributed by atoms with van der Waals surface area (Å²) in [5.74, 6) is 0. The summed E-state index contributed by atoms with van der Waals surface area (Å²) < 4.78 is 10.8. The Hall–Kier alpha value is -0.683. The fraction of sp³-hybridized carbons (Fsp3) is 0.455. The lowest BCUT2D eigenvalue weighted by atomic mass is 10.2. The van der Waals surface area contributed by atoms with E-state index in [4.69, 9.17) is 8.85 Å². The van der Waals surface area contributed by atoms with Crippen LogP contribution in [0.4, 0.5) is 0 Å². The van der Waals surface area contributed by atoms with Crippen LogP contribution in [0.2, 0.25) is 6.04 Å². The monoisotopic (exact) mass is 226 g/mol. The molecule has 4 heteroatoms. The summed E-state index contributed by atoms with van der Waals surface area (Å²) in [6, 6.07) is 10.2. The highest BCUT2D eigenvalue weighted by Crippen LogP contribution is 2.28. The van der Waals surface area contributed by atoms with Gasteiger partial charge in [-0.3, -0.25) is 0 Å². The molecule has 15 heavy (non-hydrogen) atoms. The van der Waals surface area contributed by atoms with Crippen LogP contribution in [0, 0.1) is 0 Å². The first kappa shape index (κ1) is 12.4. The van der Waals surface area contributed by atoms with Gasteiger partial charge in [0.1, 0.15) is 5.73 Å². The van der Waals surface area contributed by atoms with E-state index in [-0.39, 0.29) is 0 Å². The molecule has 1 unspecified atom stereocenters. The largest absolute Gasteiger partial charge is 0.396 e. The first-order chi connectivity index (χ1) is 7.20. The van der Waals surface area contributed by atoms with Gasteiger partial charge in [-0.1, -0.05) is 37.3 Å². The van der Waals surface area contributed by atoms with Gasteiger partial charge in [-0.05, 0) is 11.6 Å². The standard InChI is InChI=1S/C11H18O3Si/c1-4-15(13-2,14-3)11(12)10-8-6-5-7-9-10/h5-9,11-12H,4H2,1-3H3. The molecule has 0 amide bonds. The van der Waals surface area contributed by atoms with Crippen molar-refractivity contribution in [3.63, 3.8) is 0 Å². The minimum atomic E-state index is -2.51. The fourth-order valence-electron chi connectivity index (χ4n) is 1.68. The van der Waals surface area contributed by atoms with Crippen LogP contribution in [0.25, 0.3) is 0 Å². The Labute approximate surface area is 91.9 Å². The van der Waals surface area contributed by atoms with Crippen LogP contribution in [0.5, 0.6) is 0 Å². The zero-order valence-electron chi connectivity index (χ0n) is 9.43. The molecule has 1 N–H and O–H groups in total. The molecule has 0 saturated carbocycles. The van der Waals surface area contributed by atoms with Gasteiger partial charge in [0.25, 0.3) is 0 Å². The highest BCUT2D eigenvalue weighted by atomic mass is 28.4. The molecule has 0 aliphatic heterocycles. The third-order valence-corrected chi connectivity index (χ3v) is 6.25. The van der Waals surface area contributed by atoms with Crippen LogP contribution in [0.1, 0.15) is 18.2 Å². The molecule has 0 aliphatic carbocycles. The lowest BCUT2D eigenvalue weighted by Gasteiger charge is -2.31. The van der Waals surface area contributed by atoms with E-state index in [0.717, 1.165) is 11.6 Å². The van der Waals surface area contributed by atoms with Crippen LogP contribution in [-0.4, -0.2) is 27.9 Å². The number of aliphatic hydroxyl groups is 1. The van der Waals surface area contributed by atoms with Gasteiger partial charge in [-0.15, -0.1) is 0 Å². The lowest BCUT2D eigenvalue weighted by Crippen LogP contribution is -2.46. The topological polar surface area (TPSA) is 38.7 Å². The zero-order valence-corrected chi connectivity index (χ0v) is 10.4. The predicted octanol–water partition coefficient (Wildman–Crippen LogP) is 2.01. The third kappa shape index (κ3) is 2.46. The summed E-state index contributed by atoms with van der Waals surface area (Å²) in [4.78, 5) is 0. The zero-order chi connectivity index (χ0) is 11.3. The number of aliphatic hydroxyl groups excluding tert-OH is 1. The summed E-state index contributed by atoms with van der Waals surface area (Å²) in [5.41, 5.74) is 0.216. The Morgan fingerprint density at radius 2 is 1.73 bits per heavy atom. The van der Waals surface area contributed by atoms with E-state index in [9.17, 15) is 5.11 Å².